The fourth-order valence-electron chi connectivity index (χ4n) is 3.26. The van der Waals surface area contributed by atoms with Crippen LogP contribution in [0.25, 0.3) is 11.1 Å². The van der Waals surface area contributed by atoms with Crippen LogP contribution in [-0.4, -0.2) is 27.3 Å². The lowest BCUT2D eigenvalue weighted by molar-refractivity contribution is -0.274. The molecule has 0 aliphatic carbocycles. The molecule has 0 radical (unpaired) electrons. The number of halogens is 3. The second-order valence-corrected chi connectivity index (χ2v) is 6.67. The van der Waals surface area contributed by atoms with Gasteiger partial charge in [0.25, 0.3) is 0 Å². The molecule has 2 heterocycles. The first kappa shape index (κ1) is 19.7. The second-order valence-electron chi connectivity index (χ2n) is 6.67. The summed E-state index contributed by atoms with van der Waals surface area (Å²) in [5.41, 5.74) is 1.94. The Morgan fingerprint density at radius 3 is 2.53 bits per heavy atom. The standard InChI is InChI=1S/C21H16F3N3O3/c1-13-17-11-15(14-4-2-5-16(10-14)30-21(22,23)24)6-7-18(17)29-20(28)27(13)12-19-25-8-3-9-26-19/h2-11,13H,12H2,1H3. The molecule has 0 saturated heterocycles. The maximum absolute atomic E-state index is 12.5. The smallest absolute Gasteiger partial charge is 0.410 e. The lowest BCUT2D eigenvalue weighted by Gasteiger charge is -2.33. The van der Waals surface area contributed by atoms with E-state index in [1.165, 1.54) is 23.1 Å². The Morgan fingerprint density at radius 1 is 1.07 bits per heavy atom. The van der Waals surface area contributed by atoms with E-state index < -0.39 is 12.5 Å². The Kier molecular flexibility index (Phi) is 5.03. The molecule has 30 heavy (non-hydrogen) atoms. The number of nitrogens with zero attached hydrogens (tertiary/aromatic N) is 3. The van der Waals surface area contributed by atoms with Gasteiger partial charge in [0.15, 0.2) is 0 Å². The molecule has 1 unspecified atom stereocenters. The Morgan fingerprint density at radius 2 is 1.80 bits per heavy atom. The zero-order valence-corrected chi connectivity index (χ0v) is 15.8. The van der Waals surface area contributed by atoms with Gasteiger partial charge in [0.1, 0.15) is 17.3 Å². The molecule has 3 aromatic rings. The predicted octanol–water partition coefficient (Wildman–Crippen LogP) is 5.12. The predicted molar refractivity (Wildman–Crippen MR) is 101 cm³/mol. The summed E-state index contributed by atoms with van der Waals surface area (Å²) in [6.07, 6.45) is -2.11. The van der Waals surface area contributed by atoms with Crippen molar-refractivity contribution in [3.05, 3.63) is 72.3 Å². The minimum absolute atomic E-state index is 0.166. The van der Waals surface area contributed by atoms with E-state index in [1.807, 2.05) is 6.92 Å². The largest absolute Gasteiger partial charge is 0.573 e. The third-order valence-electron chi connectivity index (χ3n) is 4.69. The number of carbonyl (C=O) groups excluding carboxylic acids is 1. The summed E-state index contributed by atoms with van der Waals surface area (Å²) >= 11 is 0. The lowest BCUT2D eigenvalue weighted by atomic mass is 9.97. The van der Waals surface area contributed by atoms with Gasteiger partial charge in [0.2, 0.25) is 0 Å². The van der Waals surface area contributed by atoms with Crippen LogP contribution in [0.5, 0.6) is 11.5 Å². The highest BCUT2D eigenvalue weighted by atomic mass is 19.4. The van der Waals surface area contributed by atoms with Gasteiger partial charge in [-0.2, -0.15) is 0 Å². The number of hydrogen-bond donors (Lipinski definition) is 0. The monoisotopic (exact) mass is 415 g/mol. The normalized spacial score (nSPS) is 16.1. The molecule has 0 N–H and O–H groups in total. The summed E-state index contributed by atoms with van der Waals surface area (Å²) in [4.78, 5) is 22.2. The molecule has 6 nitrogen and oxygen atoms in total. The Balaban J connectivity index is 1.64. The van der Waals surface area contributed by atoms with Crippen molar-refractivity contribution >= 4 is 6.09 Å². The van der Waals surface area contributed by atoms with Crippen LogP contribution in [0.3, 0.4) is 0 Å². The topological polar surface area (TPSA) is 64.6 Å². The number of rotatable bonds is 4. The van der Waals surface area contributed by atoms with Crippen LogP contribution in [0.1, 0.15) is 24.4 Å². The van der Waals surface area contributed by atoms with Gasteiger partial charge in [0.05, 0.1) is 12.6 Å². The molecule has 9 heteroatoms. The molecule has 0 spiro atoms. The third kappa shape index (κ3) is 4.19. The average molecular weight is 415 g/mol. The molecule has 4 rings (SSSR count). The van der Waals surface area contributed by atoms with E-state index in [0.29, 0.717) is 22.7 Å². The number of benzene rings is 2. The summed E-state index contributed by atoms with van der Waals surface area (Å²) in [6, 6.07) is 12.1. The van der Waals surface area contributed by atoms with Crippen LogP contribution in [0.4, 0.5) is 18.0 Å². The van der Waals surface area contributed by atoms with Gasteiger partial charge >= 0.3 is 12.5 Å². The molecule has 1 atom stereocenters. The SMILES string of the molecule is CC1c2cc(-c3cccc(OC(F)(F)F)c3)ccc2OC(=O)N1Cc1ncccn1. The molecule has 0 bridgehead atoms. The van der Waals surface area contributed by atoms with E-state index in [0.717, 1.165) is 5.56 Å². The first-order valence-electron chi connectivity index (χ1n) is 9.04. The molecule has 2 aromatic carbocycles. The number of amides is 1. The van der Waals surface area contributed by atoms with Crippen molar-refractivity contribution in [3.63, 3.8) is 0 Å². The average Bonchev–Trinajstić information content (AvgIpc) is 2.71. The fourth-order valence-corrected chi connectivity index (χ4v) is 3.26. The van der Waals surface area contributed by atoms with Crippen molar-refractivity contribution in [2.75, 3.05) is 0 Å². The number of alkyl halides is 3. The van der Waals surface area contributed by atoms with Crippen molar-refractivity contribution in [2.45, 2.75) is 25.9 Å². The molecule has 1 aliphatic heterocycles. The van der Waals surface area contributed by atoms with Crippen molar-refractivity contribution < 1.29 is 27.4 Å². The minimum Gasteiger partial charge on any atom is -0.410 e. The maximum atomic E-state index is 12.5. The van der Waals surface area contributed by atoms with Crippen LogP contribution >= 0.6 is 0 Å². The van der Waals surface area contributed by atoms with Crippen LogP contribution < -0.4 is 9.47 Å². The van der Waals surface area contributed by atoms with Crippen molar-refractivity contribution in [2.24, 2.45) is 0 Å². The van der Waals surface area contributed by atoms with Crippen LogP contribution in [0, 0.1) is 0 Å². The zero-order valence-electron chi connectivity index (χ0n) is 15.8. The molecular weight excluding hydrogens is 399 g/mol. The lowest BCUT2D eigenvalue weighted by Crippen LogP contribution is -2.39. The number of aromatic nitrogens is 2. The zero-order chi connectivity index (χ0) is 21.3. The van der Waals surface area contributed by atoms with E-state index in [2.05, 4.69) is 14.7 Å². The summed E-state index contributed by atoms with van der Waals surface area (Å²) in [7, 11) is 0. The minimum atomic E-state index is -4.77. The number of fused-ring (bicyclic) bond motifs is 1. The quantitative estimate of drug-likeness (QED) is 0.592. The highest BCUT2D eigenvalue weighted by Gasteiger charge is 2.33. The molecule has 154 valence electrons. The van der Waals surface area contributed by atoms with Crippen LogP contribution in [-0.2, 0) is 6.54 Å². The van der Waals surface area contributed by atoms with Gasteiger partial charge in [-0.1, -0.05) is 18.2 Å². The number of carbonyl (C=O) groups is 1. The Bertz CT molecular complexity index is 1070. The van der Waals surface area contributed by atoms with Crippen molar-refractivity contribution in [1.29, 1.82) is 0 Å². The molecule has 0 fully saturated rings. The van der Waals surface area contributed by atoms with Gasteiger partial charge in [-0.3, -0.25) is 4.90 Å². The van der Waals surface area contributed by atoms with Gasteiger partial charge in [-0.25, -0.2) is 14.8 Å². The number of ether oxygens (including phenoxy) is 2. The van der Waals surface area contributed by atoms with Crippen molar-refractivity contribution in [3.8, 4) is 22.6 Å². The van der Waals surface area contributed by atoms with E-state index >= 15 is 0 Å². The van der Waals surface area contributed by atoms with Crippen LogP contribution in [0.2, 0.25) is 0 Å². The van der Waals surface area contributed by atoms with Gasteiger partial charge in [0, 0.05) is 18.0 Å². The Labute approximate surface area is 169 Å². The van der Waals surface area contributed by atoms with Gasteiger partial charge in [-0.05, 0) is 48.4 Å². The third-order valence-corrected chi connectivity index (χ3v) is 4.69. The molecule has 1 aliphatic rings. The van der Waals surface area contributed by atoms with Gasteiger partial charge < -0.3 is 9.47 Å². The molecule has 1 aromatic heterocycles. The van der Waals surface area contributed by atoms with Gasteiger partial charge in [-0.15, -0.1) is 13.2 Å². The highest BCUT2D eigenvalue weighted by Crippen LogP contribution is 2.38. The van der Waals surface area contributed by atoms with E-state index in [9.17, 15) is 18.0 Å². The maximum Gasteiger partial charge on any atom is 0.573 e. The van der Waals surface area contributed by atoms with E-state index in [-0.39, 0.29) is 18.3 Å². The van der Waals surface area contributed by atoms with Crippen LogP contribution in [0.15, 0.2) is 60.9 Å². The second kappa shape index (κ2) is 7.66. The molecular formula is C21H16F3N3O3. The Hall–Kier alpha value is -3.62. The molecule has 1 amide bonds. The van der Waals surface area contributed by atoms with Crippen molar-refractivity contribution in [1.82, 2.24) is 14.9 Å². The van der Waals surface area contributed by atoms with E-state index in [1.54, 1.807) is 42.7 Å². The van der Waals surface area contributed by atoms with E-state index in [4.69, 9.17) is 4.74 Å². The summed E-state index contributed by atoms with van der Waals surface area (Å²) < 4.78 is 47.0. The fraction of sp³-hybridized carbons (Fsp3) is 0.190. The molecule has 0 saturated carbocycles. The first-order chi connectivity index (χ1) is 14.3. The summed E-state index contributed by atoms with van der Waals surface area (Å²) in [5, 5.41) is 0. The highest BCUT2D eigenvalue weighted by molar-refractivity contribution is 5.76. The summed E-state index contributed by atoms with van der Waals surface area (Å²) in [5.74, 6) is 0.571. The summed E-state index contributed by atoms with van der Waals surface area (Å²) in [6.45, 7) is 2.01. The number of hydrogen-bond acceptors (Lipinski definition) is 5. The first-order valence-corrected chi connectivity index (χ1v) is 9.04.